The van der Waals surface area contributed by atoms with E-state index in [0.29, 0.717) is 22.1 Å². The summed E-state index contributed by atoms with van der Waals surface area (Å²) in [4.78, 5) is 10.3. The second kappa shape index (κ2) is 5.68. The van der Waals surface area contributed by atoms with Gasteiger partial charge in [-0.25, -0.2) is 0 Å². The van der Waals surface area contributed by atoms with Crippen molar-refractivity contribution in [2.45, 2.75) is 6.92 Å². The first kappa shape index (κ1) is 14.6. The Kier molecular flexibility index (Phi) is 4.15. The zero-order valence-electron chi connectivity index (χ0n) is 10.5. The predicted molar refractivity (Wildman–Crippen MR) is 84.7 cm³/mol. The first-order valence-electron chi connectivity index (χ1n) is 5.64. The molecule has 0 saturated heterocycles. The standard InChI is InChI=1S/C13H11BrClN3O2/c1-7-2-11(14)13(6-12(7)15)17-9-3-8(16)4-10(5-9)18(19)20/h2-6,17H,16H2,1H3. The fourth-order valence-corrected chi connectivity index (χ4v) is 2.43. The van der Waals surface area contributed by atoms with Gasteiger partial charge in [0.25, 0.3) is 5.69 Å². The maximum Gasteiger partial charge on any atom is 0.273 e. The molecule has 0 aromatic heterocycles. The lowest BCUT2D eigenvalue weighted by Crippen LogP contribution is -1.97. The molecular weight excluding hydrogens is 346 g/mol. The molecule has 7 heteroatoms. The van der Waals surface area contributed by atoms with Gasteiger partial charge < -0.3 is 11.1 Å². The van der Waals surface area contributed by atoms with Crippen LogP contribution in [0.25, 0.3) is 0 Å². The summed E-state index contributed by atoms with van der Waals surface area (Å²) in [5.74, 6) is 0. The summed E-state index contributed by atoms with van der Waals surface area (Å²) in [7, 11) is 0. The van der Waals surface area contributed by atoms with Crippen LogP contribution in [0.5, 0.6) is 0 Å². The van der Waals surface area contributed by atoms with Crippen molar-refractivity contribution in [2.75, 3.05) is 11.1 Å². The predicted octanol–water partition coefficient (Wildman–Crippen LogP) is 4.64. The van der Waals surface area contributed by atoms with E-state index >= 15 is 0 Å². The Morgan fingerprint density at radius 2 is 2.00 bits per heavy atom. The number of nitrogens with one attached hydrogen (secondary N) is 1. The molecule has 2 aromatic rings. The Morgan fingerprint density at radius 3 is 2.65 bits per heavy atom. The van der Waals surface area contributed by atoms with E-state index in [2.05, 4.69) is 21.2 Å². The molecule has 20 heavy (non-hydrogen) atoms. The molecule has 0 aliphatic rings. The van der Waals surface area contributed by atoms with E-state index in [1.165, 1.54) is 12.1 Å². The molecule has 0 unspecified atom stereocenters. The number of nitro groups is 1. The smallest absolute Gasteiger partial charge is 0.273 e. The number of non-ortho nitro benzene ring substituents is 1. The molecule has 0 aliphatic heterocycles. The van der Waals surface area contributed by atoms with Crippen molar-refractivity contribution in [2.24, 2.45) is 0 Å². The van der Waals surface area contributed by atoms with Crippen molar-refractivity contribution >= 4 is 50.3 Å². The SMILES string of the molecule is Cc1cc(Br)c(Nc2cc(N)cc([N+](=O)[O-])c2)cc1Cl. The summed E-state index contributed by atoms with van der Waals surface area (Å²) in [6.45, 7) is 1.89. The van der Waals surface area contributed by atoms with Gasteiger partial charge in [-0.15, -0.1) is 0 Å². The highest BCUT2D eigenvalue weighted by molar-refractivity contribution is 9.10. The van der Waals surface area contributed by atoms with Crippen molar-refractivity contribution in [3.05, 3.63) is 55.5 Å². The van der Waals surface area contributed by atoms with Gasteiger partial charge in [0.1, 0.15) is 0 Å². The van der Waals surface area contributed by atoms with Gasteiger partial charge in [0, 0.05) is 33.0 Å². The van der Waals surface area contributed by atoms with Crippen LogP contribution in [0.2, 0.25) is 5.02 Å². The topological polar surface area (TPSA) is 81.2 Å². The zero-order valence-corrected chi connectivity index (χ0v) is 12.8. The lowest BCUT2D eigenvalue weighted by Gasteiger charge is -2.11. The summed E-state index contributed by atoms with van der Waals surface area (Å²) in [5.41, 5.74) is 8.08. The molecule has 0 fully saturated rings. The highest BCUT2D eigenvalue weighted by Gasteiger charge is 2.10. The van der Waals surface area contributed by atoms with Gasteiger partial charge in [-0.05, 0) is 46.6 Å². The van der Waals surface area contributed by atoms with Gasteiger partial charge in [-0.2, -0.15) is 0 Å². The van der Waals surface area contributed by atoms with Crippen LogP contribution in [0.4, 0.5) is 22.7 Å². The number of benzene rings is 2. The van der Waals surface area contributed by atoms with E-state index in [1.807, 2.05) is 13.0 Å². The zero-order chi connectivity index (χ0) is 14.9. The number of anilines is 3. The molecular formula is C13H11BrClN3O2. The van der Waals surface area contributed by atoms with Gasteiger partial charge in [0.2, 0.25) is 0 Å². The molecule has 0 amide bonds. The molecule has 0 aliphatic carbocycles. The van der Waals surface area contributed by atoms with Gasteiger partial charge in [-0.3, -0.25) is 10.1 Å². The number of nitrogen functional groups attached to an aromatic ring is 1. The first-order valence-corrected chi connectivity index (χ1v) is 6.81. The summed E-state index contributed by atoms with van der Waals surface area (Å²) in [6, 6.07) is 7.95. The highest BCUT2D eigenvalue weighted by atomic mass is 79.9. The Hall–Kier alpha value is -1.79. The normalized spacial score (nSPS) is 10.3. The average Bonchev–Trinajstić information content (AvgIpc) is 2.35. The highest BCUT2D eigenvalue weighted by Crippen LogP contribution is 2.33. The number of nitro benzene ring substituents is 1. The molecule has 0 atom stereocenters. The lowest BCUT2D eigenvalue weighted by atomic mass is 10.2. The van der Waals surface area contributed by atoms with Crippen LogP contribution in [0.3, 0.4) is 0 Å². The largest absolute Gasteiger partial charge is 0.398 e. The van der Waals surface area contributed by atoms with Crippen LogP contribution in [-0.4, -0.2) is 4.92 Å². The molecule has 2 aromatic carbocycles. The van der Waals surface area contributed by atoms with Crippen molar-refractivity contribution in [1.29, 1.82) is 0 Å². The molecule has 0 saturated carbocycles. The van der Waals surface area contributed by atoms with Crippen LogP contribution < -0.4 is 11.1 Å². The van der Waals surface area contributed by atoms with Gasteiger partial charge >= 0.3 is 0 Å². The first-order chi connectivity index (χ1) is 9.36. The number of hydrogen-bond donors (Lipinski definition) is 2. The second-order valence-electron chi connectivity index (χ2n) is 4.28. The van der Waals surface area contributed by atoms with E-state index in [0.717, 1.165) is 10.0 Å². The van der Waals surface area contributed by atoms with Crippen LogP contribution in [0.15, 0.2) is 34.8 Å². The number of rotatable bonds is 3. The quantitative estimate of drug-likeness (QED) is 0.476. The number of nitrogens with zero attached hydrogens (tertiary/aromatic N) is 1. The Bertz CT molecular complexity index is 692. The van der Waals surface area contributed by atoms with Gasteiger partial charge in [-0.1, -0.05) is 11.6 Å². The number of hydrogen-bond acceptors (Lipinski definition) is 4. The molecule has 104 valence electrons. The molecule has 0 spiro atoms. The van der Waals surface area contributed by atoms with Crippen LogP contribution >= 0.6 is 27.5 Å². The van der Waals surface area contributed by atoms with Crippen LogP contribution in [0, 0.1) is 17.0 Å². The van der Waals surface area contributed by atoms with E-state index in [4.69, 9.17) is 17.3 Å². The minimum absolute atomic E-state index is 0.0677. The third-order valence-electron chi connectivity index (χ3n) is 2.68. The molecule has 5 nitrogen and oxygen atoms in total. The lowest BCUT2D eigenvalue weighted by molar-refractivity contribution is -0.384. The number of aryl methyl sites for hydroxylation is 1. The molecule has 3 N–H and O–H groups in total. The van der Waals surface area contributed by atoms with E-state index in [9.17, 15) is 10.1 Å². The van der Waals surface area contributed by atoms with Crippen molar-refractivity contribution in [3.63, 3.8) is 0 Å². The van der Waals surface area contributed by atoms with Crippen molar-refractivity contribution in [3.8, 4) is 0 Å². The minimum Gasteiger partial charge on any atom is -0.398 e. The summed E-state index contributed by atoms with van der Waals surface area (Å²) >= 11 is 9.49. The number of nitrogens with two attached hydrogens (primary N) is 1. The molecule has 2 rings (SSSR count). The minimum atomic E-state index is -0.487. The summed E-state index contributed by atoms with van der Waals surface area (Å²) in [5, 5.41) is 14.5. The molecule has 0 heterocycles. The van der Waals surface area contributed by atoms with Gasteiger partial charge in [0.05, 0.1) is 10.6 Å². The summed E-state index contributed by atoms with van der Waals surface area (Å²) in [6.07, 6.45) is 0. The fraction of sp³-hybridized carbons (Fsp3) is 0.0769. The van der Waals surface area contributed by atoms with Crippen LogP contribution in [-0.2, 0) is 0 Å². The Labute approximate surface area is 129 Å². The maximum atomic E-state index is 10.8. The third-order valence-corrected chi connectivity index (χ3v) is 3.74. The van der Waals surface area contributed by atoms with Crippen LogP contribution in [0.1, 0.15) is 5.56 Å². The monoisotopic (exact) mass is 355 g/mol. The molecule has 0 radical (unpaired) electrons. The average molecular weight is 357 g/mol. The van der Waals surface area contributed by atoms with E-state index < -0.39 is 4.92 Å². The molecule has 0 bridgehead atoms. The fourth-order valence-electron chi connectivity index (χ4n) is 1.71. The maximum absolute atomic E-state index is 10.8. The second-order valence-corrected chi connectivity index (χ2v) is 5.54. The van der Waals surface area contributed by atoms with E-state index in [1.54, 1.807) is 12.1 Å². The third kappa shape index (κ3) is 3.20. The Morgan fingerprint density at radius 1 is 1.30 bits per heavy atom. The summed E-state index contributed by atoms with van der Waals surface area (Å²) < 4.78 is 0.810. The van der Waals surface area contributed by atoms with Gasteiger partial charge in [0.15, 0.2) is 0 Å². The van der Waals surface area contributed by atoms with Crippen molar-refractivity contribution < 1.29 is 4.92 Å². The van der Waals surface area contributed by atoms with E-state index in [-0.39, 0.29) is 5.69 Å². The number of halogens is 2. The van der Waals surface area contributed by atoms with Crippen molar-refractivity contribution in [1.82, 2.24) is 0 Å². The Balaban J connectivity index is 2.40.